The van der Waals surface area contributed by atoms with Gasteiger partial charge in [0, 0.05) is 12.6 Å². The fourth-order valence-electron chi connectivity index (χ4n) is 3.64. The van der Waals surface area contributed by atoms with Gasteiger partial charge in [-0.05, 0) is 62.4 Å². The molecule has 1 aromatic carbocycles. The molecule has 2 saturated heterocycles. The SMILES string of the molecule is OCc1ccc(CN2CCC(C3CCCN3)CC2)cc1. The summed E-state index contributed by atoms with van der Waals surface area (Å²) in [5.41, 5.74) is 2.36. The fourth-order valence-corrected chi connectivity index (χ4v) is 3.64. The second-order valence-electron chi connectivity index (χ2n) is 6.29. The molecule has 0 amide bonds. The Balaban J connectivity index is 1.47. The third-order valence-corrected chi connectivity index (χ3v) is 4.91. The number of aliphatic hydroxyl groups excluding tert-OH is 1. The van der Waals surface area contributed by atoms with Crippen molar-refractivity contribution in [1.82, 2.24) is 10.2 Å². The van der Waals surface area contributed by atoms with Crippen molar-refractivity contribution >= 4 is 0 Å². The standard InChI is InChI=1S/C17H26N2O/c20-13-15-5-3-14(4-6-15)12-19-10-7-16(8-11-19)17-2-1-9-18-17/h3-6,16-18,20H,1-2,7-13H2. The summed E-state index contributed by atoms with van der Waals surface area (Å²) in [7, 11) is 0. The van der Waals surface area contributed by atoms with Crippen LogP contribution in [0.3, 0.4) is 0 Å². The quantitative estimate of drug-likeness (QED) is 0.883. The highest BCUT2D eigenvalue weighted by Gasteiger charge is 2.28. The van der Waals surface area contributed by atoms with Crippen LogP contribution in [-0.4, -0.2) is 35.7 Å². The first-order valence-corrected chi connectivity index (χ1v) is 7.99. The third-order valence-electron chi connectivity index (χ3n) is 4.91. The molecule has 0 radical (unpaired) electrons. The van der Waals surface area contributed by atoms with E-state index in [2.05, 4.69) is 22.3 Å². The second-order valence-corrected chi connectivity index (χ2v) is 6.29. The molecular formula is C17H26N2O. The highest BCUT2D eigenvalue weighted by molar-refractivity contribution is 5.21. The van der Waals surface area contributed by atoms with Crippen LogP contribution in [0.1, 0.15) is 36.8 Å². The molecule has 2 heterocycles. The van der Waals surface area contributed by atoms with Crippen LogP contribution in [0.2, 0.25) is 0 Å². The summed E-state index contributed by atoms with van der Waals surface area (Å²) < 4.78 is 0. The van der Waals surface area contributed by atoms with E-state index in [-0.39, 0.29) is 6.61 Å². The second kappa shape index (κ2) is 6.70. The van der Waals surface area contributed by atoms with E-state index >= 15 is 0 Å². The number of aliphatic hydroxyl groups is 1. The molecule has 1 aromatic rings. The molecule has 0 bridgehead atoms. The van der Waals surface area contributed by atoms with E-state index in [4.69, 9.17) is 5.11 Å². The van der Waals surface area contributed by atoms with Crippen molar-refractivity contribution in [3.05, 3.63) is 35.4 Å². The van der Waals surface area contributed by atoms with Gasteiger partial charge in [0.1, 0.15) is 0 Å². The van der Waals surface area contributed by atoms with Crippen LogP contribution in [0.25, 0.3) is 0 Å². The molecular weight excluding hydrogens is 248 g/mol. The topological polar surface area (TPSA) is 35.5 Å². The van der Waals surface area contributed by atoms with E-state index in [1.165, 1.54) is 50.9 Å². The molecule has 2 fully saturated rings. The molecule has 3 heteroatoms. The Morgan fingerprint density at radius 2 is 1.75 bits per heavy atom. The Hall–Kier alpha value is -0.900. The largest absolute Gasteiger partial charge is 0.392 e. The predicted octanol–water partition coefficient (Wildman–Crippen LogP) is 2.14. The Morgan fingerprint density at radius 3 is 2.35 bits per heavy atom. The highest BCUT2D eigenvalue weighted by atomic mass is 16.3. The first kappa shape index (κ1) is 14.1. The lowest BCUT2D eigenvalue weighted by Crippen LogP contribution is -2.40. The minimum Gasteiger partial charge on any atom is -0.392 e. The number of nitrogens with zero attached hydrogens (tertiary/aromatic N) is 1. The van der Waals surface area contributed by atoms with Crippen molar-refractivity contribution < 1.29 is 5.11 Å². The maximum atomic E-state index is 9.07. The molecule has 3 rings (SSSR count). The van der Waals surface area contributed by atoms with E-state index in [9.17, 15) is 0 Å². The van der Waals surface area contributed by atoms with Crippen molar-refractivity contribution in [1.29, 1.82) is 0 Å². The lowest BCUT2D eigenvalue weighted by molar-refractivity contribution is 0.157. The fraction of sp³-hybridized carbons (Fsp3) is 0.647. The van der Waals surface area contributed by atoms with Crippen LogP contribution >= 0.6 is 0 Å². The molecule has 2 aliphatic rings. The molecule has 1 unspecified atom stereocenters. The number of likely N-dealkylation sites (tertiary alicyclic amines) is 1. The van der Waals surface area contributed by atoms with Crippen molar-refractivity contribution in [2.45, 2.75) is 44.9 Å². The minimum absolute atomic E-state index is 0.139. The molecule has 0 saturated carbocycles. The van der Waals surface area contributed by atoms with Gasteiger partial charge in [-0.3, -0.25) is 4.90 Å². The van der Waals surface area contributed by atoms with E-state index in [1.807, 2.05) is 12.1 Å². The Kier molecular flexibility index (Phi) is 4.71. The molecule has 20 heavy (non-hydrogen) atoms. The van der Waals surface area contributed by atoms with Crippen LogP contribution in [0.15, 0.2) is 24.3 Å². The van der Waals surface area contributed by atoms with Crippen molar-refractivity contribution in [2.24, 2.45) is 5.92 Å². The monoisotopic (exact) mass is 274 g/mol. The molecule has 0 aliphatic carbocycles. The van der Waals surface area contributed by atoms with Gasteiger partial charge in [-0.25, -0.2) is 0 Å². The van der Waals surface area contributed by atoms with Gasteiger partial charge in [0.05, 0.1) is 6.61 Å². The molecule has 110 valence electrons. The first-order chi connectivity index (χ1) is 9.85. The molecule has 3 nitrogen and oxygen atoms in total. The van der Waals surface area contributed by atoms with Crippen LogP contribution in [0.4, 0.5) is 0 Å². The minimum atomic E-state index is 0.139. The molecule has 1 atom stereocenters. The maximum Gasteiger partial charge on any atom is 0.0681 e. The summed E-state index contributed by atoms with van der Waals surface area (Å²) in [6.07, 6.45) is 5.42. The highest BCUT2D eigenvalue weighted by Crippen LogP contribution is 2.26. The summed E-state index contributed by atoms with van der Waals surface area (Å²) in [5, 5.41) is 12.7. The summed E-state index contributed by atoms with van der Waals surface area (Å²) in [6.45, 7) is 4.87. The maximum absolute atomic E-state index is 9.07. The lowest BCUT2D eigenvalue weighted by Gasteiger charge is -2.35. The summed E-state index contributed by atoms with van der Waals surface area (Å²) >= 11 is 0. The van der Waals surface area contributed by atoms with Crippen LogP contribution in [0, 0.1) is 5.92 Å². The van der Waals surface area contributed by atoms with E-state index in [1.54, 1.807) is 0 Å². The summed E-state index contributed by atoms with van der Waals surface area (Å²) in [6, 6.07) is 9.16. The van der Waals surface area contributed by atoms with Gasteiger partial charge in [-0.1, -0.05) is 24.3 Å². The van der Waals surface area contributed by atoms with Crippen molar-refractivity contribution in [3.8, 4) is 0 Å². The first-order valence-electron chi connectivity index (χ1n) is 7.99. The van der Waals surface area contributed by atoms with E-state index in [0.717, 1.165) is 24.1 Å². The predicted molar refractivity (Wildman–Crippen MR) is 81.4 cm³/mol. The molecule has 0 aromatic heterocycles. The average Bonchev–Trinajstić information content (AvgIpc) is 3.03. The number of nitrogens with one attached hydrogen (secondary N) is 1. The van der Waals surface area contributed by atoms with Gasteiger partial charge >= 0.3 is 0 Å². The van der Waals surface area contributed by atoms with Gasteiger partial charge in [-0.2, -0.15) is 0 Å². The van der Waals surface area contributed by atoms with Gasteiger partial charge in [-0.15, -0.1) is 0 Å². The van der Waals surface area contributed by atoms with Gasteiger partial charge in [0.15, 0.2) is 0 Å². The van der Waals surface area contributed by atoms with Crippen LogP contribution < -0.4 is 5.32 Å². The van der Waals surface area contributed by atoms with Crippen molar-refractivity contribution in [3.63, 3.8) is 0 Å². The zero-order valence-corrected chi connectivity index (χ0v) is 12.2. The van der Waals surface area contributed by atoms with Gasteiger partial charge in [0.25, 0.3) is 0 Å². The summed E-state index contributed by atoms with van der Waals surface area (Å²) in [5.74, 6) is 0.894. The third kappa shape index (κ3) is 3.40. The zero-order valence-electron chi connectivity index (χ0n) is 12.2. The number of rotatable bonds is 4. The Morgan fingerprint density at radius 1 is 1.05 bits per heavy atom. The number of hydrogen-bond donors (Lipinski definition) is 2. The van der Waals surface area contributed by atoms with Gasteiger partial charge < -0.3 is 10.4 Å². The zero-order chi connectivity index (χ0) is 13.8. The number of benzene rings is 1. The number of hydrogen-bond acceptors (Lipinski definition) is 3. The molecule has 2 aliphatic heterocycles. The average molecular weight is 274 g/mol. The lowest BCUT2D eigenvalue weighted by atomic mass is 9.88. The van der Waals surface area contributed by atoms with Crippen LogP contribution in [-0.2, 0) is 13.2 Å². The molecule has 0 spiro atoms. The van der Waals surface area contributed by atoms with Crippen molar-refractivity contribution in [2.75, 3.05) is 19.6 Å². The smallest absolute Gasteiger partial charge is 0.0681 e. The van der Waals surface area contributed by atoms with E-state index in [0.29, 0.717) is 0 Å². The Bertz CT molecular complexity index is 404. The number of piperidine rings is 1. The molecule has 2 N–H and O–H groups in total. The normalized spacial score (nSPS) is 25.1. The Labute approximate surface area is 122 Å². The van der Waals surface area contributed by atoms with Crippen LogP contribution in [0.5, 0.6) is 0 Å². The van der Waals surface area contributed by atoms with Gasteiger partial charge in [0.2, 0.25) is 0 Å². The van der Waals surface area contributed by atoms with E-state index < -0.39 is 0 Å². The summed E-state index contributed by atoms with van der Waals surface area (Å²) in [4.78, 5) is 2.57.